The molecule has 2 N–H and O–H groups in total. The molecule has 8 nitrogen and oxygen atoms in total. The second-order valence-electron chi connectivity index (χ2n) is 7.60. The molecule has 3 heterocycles. The summed E-state index contributed by atoms with van der Waals surface area (Å²) in [5.41, 5.74) is 0.0728. The molecule has 152 valence electrons. The third-order valence-corrected chi connectivity index (χ3v) is 5.80. The first-order valence-corrected chi connectivity index (χ1v) is 9.65. The van der Waals surface area contributed by atoms with Crippen molar-refractivity contribution in [3.63, 3.8) is 0 Å². The Balaban J connectivity index is 1.62. The number of nitrogens with zero attached hydrogens (tertiary/aromatic N) is 2. The Bertz CT molecular complexity index is 848. The number of hydrogen-bond donors (Lipinski definition) is 2. The van der Waals surface area contributed by atoms with E-state index in [1.807, 2.05) is 12.1 Å². The van der Waals surface area contributed by atoms with Crippen molar-refractivity contribution in [2.24, 2.45) is 5.92 Å². The highest BCUT2D eigenvalue weighted by Gasteiger charge is 2.62. The van der Waals surface area contributed by atoms with E-state index in [1.165, 1.54) is 24.9 Å². The molecule has 2 aromatic rings. The molecule has 4 rings (SSSR count). The maximum Gasteiger partial charge on any atom is 0.259 e. The first kappa shape index (κ1) is 19.3. The molecule has 1 aliphatic carbocycles. The van der Waals surface area contributed by atoms with Crippen molar-refractivity contribution in [3.8, 4) is 0 Å². The number of aliphatic hydroxyl groups excluding tert-OH is 2. The molecule has 1 amide bonds. The summed E-state index contributed by atoms with van der Waals surface area (Å²) in [6.45, 7) is -0.906. The second kappa shape index (κ2) is 7.79. The van der Waals surface area contributed by atoms with Gasteiger partial charge in [0.2, 0.25) is 0 Å². The standard InChI is InChI=1S/C20H26N2O6/c1-26-12-27-20(18(10-23)22(11-24)19(20)25)9-16-15-8-14(5-4-13-2-3-13)28-17(15)6-7-21-16/h6-8,13,18,23-24H,2-5,9-12H2,1H3. The third-order valence-electron chi connectivity index (χ3n) is 5.80. The van der Waals surface area contributed by atoms with E-state index >= 15 is 0 Å². The summed E-state index contributed by atoms with van der Waals surface area (Å²) >= 11 is 0. The molecule has 2 fully saturated rings. The number of hydrogen-bond acceptors (Lipinski definition) is 7. The lowest BCUT2D eigenvalue weighted by molar-refractivity contribution is -0.236. The molecule has 1 aliphatic heterocycles. The predicted molar refractivity (Wildman–Crippen MR) is 99.3 cm³/mol. The van der Waals surface area contributed by atoms with E-state index in [-0.39, 0.29) is 25.7 Å². The molecule has 1 saturated carbocycles. The molecule has 0 bridgehead atoms. The number of carbonyl (C=O) groups is 1. The van der Waals surface area contributed by atoms with Crippen LogP contribution in [0, 0.1) is 5.92 Å². The lowest BCUT2D eigenvalue weighted by Gasteiger charge is -2.53. The number of methoxy groups -OCH3 is 1. The number of rotatable bonds is 10. The molecule has 2 atom stereocenters. The second-order valence-corrected chi connectivity index (χ2v) is 7.60. The fourth-order valence-corrected chi connectivity index (χ4v) is 4.03. The number of aryl methyl sites for hydroxylation is 1. The van der Waals surface area contributed by atoms with Crippen LogP contribution in [0.5, 0.6) is 0 Å². The Kier molecular flexibility index (Phi) is 5.37. The van der Waals surface area contributed by atoms with Crippen LogP contribution < -0.4 is 0 Å². The maximum atomic E-state index is 12.7. The van der Waals surface area contributed by atoms with E-state index in [0.717, 1.165) is 35.5 Å². The highest BCUT2D eigenvalue weighted by molar-refractivity contribution is 5.94. The van der Waals surface area contributed by atoms with Gasteiger partial charge in [0.1, 0.15) is 24.9 Å². The summed E-state index contributed by atoms with van der Waals surface area (Å²) in [4.78, 5) is 18.4. The molecule has 0 spiro atoms. The molecule has 8 heteroatoms. The fraction of sp³-hybridized carbons (Fsp3) is 0.600. The average molecular weight is 390 g/mol. The molecule has 2 aliphatic rings. The number of ether oxygens (including phenoxy) is 2. The van der Waals surface area contributed by atoms with Crippen LogP contribution in [0.15, 0.2) is 22.7 Å². The third kappa shape index (κ3) is 3.30. The molecular formula is C20H26N2O6. The van der Waals surface area contributed by atoms with Crippen molar-refractivity contribution in [3.05, 3.63) is 29.8 Å². The van der Waals surface area contributed by atoms with Crippen LogP contribution in [0.3, 0.4) is 0 Å². The van der Waals surface area contributed by atoms with Gasteiger partial charge in [-0.05, 0) is 24.5 Å². The number of carbonyl (C=O) groups excluding carboxylic acids is 1. The van der Waals surface area contributed by atoms with E-state index < -0.39 is 18.4 Å². The monoisotopic (exact) mass is 390 g/mol. The quantitative estimate of drug-likeness (QED) is 0.464. The number of β-lactam (4-membered cyclic amide) rings is 1. The Morgan fingerprint density at radius 1 is 1.39 bits per heavy atom. The first-order chi connectivity index (χ1) is 13.6. The Morgan fingerprint density at radius 3 is 2.89 bits per heavy atom. The zero-order chi connectivity index (χ0) is 19.7. The number of likely N-dealkylation sites (tertiary alicyclic amines) is 1. The molecule has 2 aromatic heterocycles. The van der Waals surface area contributed by atoms with Crippen LogP contribution >= 0.6 is 0 Å². The van der Waals surface area contributed by atoms with Gasteiger partial charge < -0.3 is 29.0 Å². The summed E-state index contributed by atoms with van der Waals surface area (Å²) in [6, 6.07) is 3.14. The zero-order valence-electron chi connectivity index (χ0n) is 16.0. The Labute approximate surface area is 163 Å². The van der Waals surface area contributed by atoms with Crippen LogP contribution in [-0.4, -0.2) is 64.9 Å². The summed E-state index contributed by atoms with van der Waals surface area (Å²) in [5, 5.41) is 20.1. The van der Waals surface area contributed by atoms with E-state index in [1.54, 1.807) is 6.20 Å². The number of fused-ring (bicyclic) bond motifs is 1. The topological polar surface area (TPSA) is 105 Å². The Hall–Kier alpha value is -2.00. The highest BCUT2D eigenvalue weighted by atomic mass is 16.7. The number of amides is 1. The molecule has 0 radical (unpaired) electrons. The molecular weight excluding hydrogens is 364 g/mol. The smallest absolute Gasteiger partial charge is 0.259 e. The predicted octanol–water partition coefficient (Wildman–Crippen LogP) is 1.23. The van der Waals surface area contributed by atoms with Crippen LogP contribution in [0.2, 0.25) is 0 Å². The lowest BCUT2D eigenvalue weighted by atomic mass is 9.78. The van der Waals surface area contributed by atoms with Crippen molar-refractivity contribution in [1.82, 2.24) is 9.88 Å². The van der Waals surface area contributed by atoms with Gasteiger partial charge in [0.05, 0.1) is 18.3 Å². The normalized spacial score (nSPS) is 24.8. The zero-order valence-corrected chi connectivity index (χ0v) is 16.0. The molecule has 2 unspecified atom stereocenters. The van der Waals surface area contributed by atoms with Crippen molar-refractivity contribution < 1.29 is 28.9 Å². The molecule has 1 saturated heterocycles. The summed E-state index contributed by atoms with van der Waals surface area (Å²) in [7, 11) is 1.47. The van der Waals surface area contributed by atoms with Gasteiger partial charge in [-0.3, -0.25) is 9.78 Å². The van der Waals surface area contributed by atoms with Crippen LogP contribution in [0.25, 0.3) is 11.0 Å². The minimum Gasteiger partial charge on any atom is -0.461 e. The van der Waals surface area contributed by atoms with Crippen molar-refractivity contribution in [1.29, 1.82) is 0 Å². The summed E-state index contributed by atoms with van der Waals surface area (Å²) in [5.74, 6) is 1.35. The van der Waals surface area contributed by atoms with E-state index in [2.05, 4.69) is 4.98 Å². The van der Waals surface area contributed by atoms with Gasteiger partial charge in [0.15, 0.2) is 5.60 Å². The number of aromatic nitrogens is 1. The maximum absolute atomic E-state index is 12.7. The minimum absolute atomic E-state index is 0.102. The van der Waals surface area contributed by atoms with Gasteiger partial charge in [-0.25, -0.2) is 0 Å². The van der Waals surface area contributed by atoms with Crippen molar-refractivity contribution in [2.75, 3.05) is 27.2 Å². The van der Waals surface area contributed by atoms with E-state index in [4.69, 9.17) is 13.9 Å². The molecule has 0 aromatic carbocycles. The number of pyridine rings is 1. The fourth-order valence-electron chi connectivity index (χ4n) is 4.03. The van der Waals surface area contributed by atoms with Crippen LogP contribution in [0.1, 0.15) is 30.7 Å². The van der Waals surface area contributed by atoms with Crippen molar-refractivity contribution in [2.45, 2.75) is 43.7 Å². The van der Waals surface area contributed by atoms with Crippen molar-refractivity contribution >= 4 is 16.9 Å². The summed E-state index contributed by atoms with van der Waals surface area (Å²) in [6.07, 6.45) is 6.43. The van der Waals surface area contributed by atoms with Gasteiger partial charge in [0, 0.05) is 31.5 Å². The van der Waals surface area contributed by atoms with Crippen LogP contribution in [0.4, 0.5) is 0 Å². The van der Waals surface area contributed by atoms with Gasteiger partial charge in [-0.15, -0.1) is 0 Å². The van der Waals surface area contributed by atoms with Gasteiger partial charge >= 0.3 is 0 Å². The number of furan rings is 1. The highest BCUT2D eigenvalue weighted by Crippen LogP contribution is 2.39. The molecule has 28 heavy (non-hydrogen) atoms. The van der Waals surface area contributed by atoms with Gasteiger partial charge in [-0.2, -0.15) is 0 Å². The minimum atomic E-state index is -1.32. The lowest BCUT2D eigenvalue weighted by Crippen LogP contribution is -2.77. The first-order valence-electron chi connectivity index (χ1n) is 9.65. The average Bonchev–Trinajstić information content (AvgIpc) is 3.44. The summed E-state index contributed by atoms with van der Waals surface area (Å²) < 4.78 is 16.7. The van der Waals surface area contributed by atoms with E-state index in [9.17, 15) is 15.0 Å². The number of aliphatic hydroxyl groups is 2. The largest absolute Gasteiger partial charge is 0.461 e. The SMILES string of the molecule is COCOC1(Cc2nccc3oc(CCC4CC4)cc23)C(=O)N(CO)C1CO. The Morgan fingerprint density at radius 2 is 2.21 bits per heavy atom. The van der Waals surface area contributed by atoms with Gasteiger partial charge in [-0.1, -0.05) is 12.8 Å². The van der Waals surface area contributed by atoms with E-state index in [0.29, 0.717) is 5.69 Å². The van der Waals surface area contributed by atoms with Gasteiger partial charge in [0.25, 0.3) is 5.91 Å². The van der Waals surface area contributed by atoms with Crippen LogP contribution in [-0.2, 0) is 27.1 Å².